The van der Waals surface area contributed by atoms with Crippen LogP contribution in [-0.4, -0.2) is 42.2 Å². The quantitative estimate of drug-likeness (QED) is 0.204. The summed E-state index contributed by atoms with van der Waals surface area (Å²) in [6, 6.07) is 7.45. The van der Waals surface area contributed by atoms with Crippen LogP contribution >= 0.6 is 46.0 Å². The third-order valence-electron chi connectivity index (χ3n) is 6.61. The Morgan fingerprint density at radius 1 is 1.32 bits per heavy atom. The Balaban J connectivity index is 1.94. The van der Waals surface area contributed by atoms with Crippen molar-refractivity contribution in [2.75, 3.05) is 5.75 Å². The van der Waals surface area contributed by atoms with Gasteiger partial charge in [-0.25, -0.2) is 4.99 Å². The molecule has 31 heavy (non-hydrogen) atoms. The van der Waals surface area contributed by atoms with Crippen molar-refractivity contribution in [2.24, 2.45) is 10.9 Å². The number of amides is 1. The van der Waals surface area contributed by atoms with E-state index in [0.29, 0.717) is 5.02 Å². The maximum atomic E-state index is 13.5. The van der Waals surface area contributed by atoms with Crippen molar-refractivity contribution >= 4 is 71.0 Å². The highest BCUT2D eigenvalue weighted by molar-refractivity contribution is 14.1. The zero-order chi connectivity index (χ0) is 23.1. The highest BCUT2D eigenvalue weighted by atomic mass is 127. The average molecular weight is 591 g/mol. The van der Waals surface area contributed by atoms with E-state index in [1.807, 2.05) is 29.2 Å². The lowest BCUT2D eigenvalue weighted by molar-refractivity contribution is -0.151. The molecule has 0 aliphatic carbocycles. The monoisotopic (exact) mass is 590 g/mol. The Labute approximate surface area is 210 Å². The molecule has 1 amide bonds. The Bertz CT molecular complexity index is 911. The lowest BCUT2D eigenvalue weighted by Crippen LogP contribution is -2.67. The van der Waals surface area contributed by atoms with E-state index in [4.69, 9.17) is 21.0 Å². The van der Waals surface area contributed by atoms with Gasteiger partial charge in [-0.1, -0.05) is 51.1 Å². The van der Waals surface area contributed by atoms with Gasteiger partial charge in [0, 0.05) is 14.4 Å². The number of hydrogen-bond acceptors (Lipinski definition) is 4. The highest BCUT2D eigenvalue weighted by Crippen LogP contribution is 2.46. The predicted octanol–water partition coefficient (Wildman–Crippen LogP) is 7.41. The number of carbonyl (C=O) groups excluding carboxylic acids is 1. The zero-order valence-electron chi connectivity index (χ0n) is 19.3. The lowest BCUT2D eigenvalue weighted by Gasteiger charge is -2.51. The van der Waals surface area contributed by atoms with Gasteiger partial charge in [0.15, 0.2) is 13.5 Å². The first-order chi connectivity index (χ1) is 14.4. The second kappa shape index (κ2) is 9.48. The Kier molecular flexibility index (Phi) is 7.73. The molecule has 2 aliphatic heterocycles. The van der Waals surface area contributed by atoms with E-state index in [2.05, 4.69) is 70.3 Å². The smallest absolute Gasteiger partial charge is 0.237 e. The Hall–Kier alpha value is -0.353. The second-order valence-corrected chi connectivity index (χ2v) is 17.1. The Morgan fingerprint density at radius 3 is 2.48 bits per heavy atom. The normalized spacial score (nSPS) is 24.7. The number of hydrogen-bond donors (Lipinski definition) is 0. The summed E-state index contributed by atoms with van der Waals surface area (Å²) < 4.78 is 7.98. The van der Waals surface area contributed by atoms with Crippen LogP contribution in [0.1, 0.15) is 41.0 Å². The van der Waals surface area contributed by atoms with Crippen molar-refractivity contribution in [1.82, 2.24) is 4.90 Å². The third-order valence-corrected chi connectivity index (χ3v) is 14.0. The molecule has 3 atom stereocenters. The predicted molar refractivity (Wildman–Crippen MR) is 144 cm³/mol. The molecular formula is C23H32ClIN2O2SSi. The topological polar surface area (TPSA) is 41.9 Å². The SMILES string of the molecule is CCC1=C(I)CSC(=Nc2ccc(Cl)cc2)N2C(=O)[C@H]([C@@H](C)O[Si](C)(C)C(C)(C)C)[C@@H]12. The van der Waals surface area contributed by atoms with Crippen LogP contribution in [0.5, 0.6) is 0 Å². The van der Waals surface area contributed by atoms with Gasteiger partial charge in [0.2, 0.25) is 5.91 Å². The number of carbonyl (C=O) groups is 1. The zero-order valence-corrected chi connectivity index (χ0v) is 24.1. The highest BCUT2D eigenvalue weighted by Gasteiger charge is 2.56. The molecule has 170 valence electrons. The van der Waals surface area contributed by atoms with Gasteiger partial charge in [-0.3, -0.25) is 9.69 Å². The van der Waals surface area contributed by atoms with E-state index in [9.17, 15) is 4.79 Å². The summed E-state index contributed by atoms with van der Waals surface area (Å²) in [5, 5.41) is 1.55. The molecule has 3 rings (SSSR count). The van der Waals surface area contributed by atoms with Crippen molar-refractivity contribution in [3.63, 3.8) is 0 Å². The molecule has 8 heteroatoms. The van der Waals surface area contributed by atoms with Crippen molar-refractivity contribution in [3.05, 3.63) is 38.4 Å². The lowest BCUT2D eigenvalue weighted by atomic mass is 9.78. The maximum Gasteiger partial charge on any atom is 0.237 e. The second-order valence-electron chi connectivity index (χ2n) is 9.71. The third kappa shape index (κ3) is 5.10. The molecule has 1 fully saturated rings. The average Bonchev–Trinajstić information content (AvgIpc) is 2.77. The summed E-state index contributed by atoms with van der Waals surface area (Å²) in [7, 11) is -1.98. The van der Waals surface area contributed by atoms with Crippen molar-refractivity contribution in [3.8, 4) is 0 Å². The standard InChI is InChI=1S/C23H32ClIN2O2SSi/c1-8-17-18(25)13-30-22(26-16-11-9-15(24)10-12-16)27-20(17)19(21(27)28)14(2)29-31(6,7)23(3,4)5/h9-12,14,19-20H,8,13H2,1-7H3/t14-,19-,20-/m1/s1. The fourth-order valence-corrected chi connectivity index (χ4v) is 7.51. The number of aliphatic imine (C=N–C) groups is 1. The van der Waals surface area contributed by atoms with Gasteiger partial charge in [-0.2, -0.15) is 0 Å². The molecule has 0 saturated carbocycles. The number of fused-ring (bicyclic) bond motifs is 1. The van der Waals surface area contributed by atoms with E-state index < -0.39 is 8.32 Å². The van der Waals surface area contributed by atoms with Crippen LogP contribution in [0.15, 0.2) is 38.4 Å². The van der Waals surface area contributed by atoms with Crippen molar-refractivity contribution < 1.29 is 9.22 Å². The van der Waals surface area contributed by atoms with E-state index in [0.717, 1.165) is 23.0 Å². The van der Waals surface area contributed by atoms with Gasteiger partial charge in [0.1, 0.15) is 0 Å². The number of rotatable bonds is 5. The van der Waals surface area contributed by atoms with Gasteiger partial charge >= 0.3 is 0 Å². The number of amidine groups is 1. The van der Waals surface area contributed by atoms with Crippen LogP contribution in [0.2, 0.25) is 23.2 Å². The van der Waals surface area contributed by atoms with Crippen molar-refractivity contribution in [1.29, 1.82) is 0 Å². The fourth-order valence-electron chi connectivity index (χ4n) is 3.83. The Morgan fingerprint density at radius 2 is 1.94 bits per heavy atom. The first kappa shape index (κ1) is 25.3. The van der Waals surface area contributed by atoms with Crippen LogP contribution in [-0.2, 0) is 9.22 Å². The minimum Gasteiger partial charge on any atom is -0.413 e. The maximum absolute atomic E-state index is 13.5. The minimum absolute atomic E-state index is 0.0187. The fraction of sp³-hybridized carbons (Fsp3) is 0.565. The molecular weight excluding hydrogens is 559 g/mol. The van der Waals surface area contributed by atoms with Crippen LogP contribution in [0.3, 0.4) is 0 Å². The van der Waals surface area contributed by atoms with E-state index >= 15 is 0 Å². The number of nitrogens with zero attached hydrogens (tertiary/aromatic N) is 2. The molecule has 0 unspecified atom stereocenters. The first-order valence-electron chi connectivity index (χ1n) is 10.7. The summed E-state index contributed by atoms with van der Waals surface area (Å²) in [5.41, 5.74) is 2.15. The van der Waals surface area contributed by atoms with E-state index in [1.165, 1.54) is 9.15 Å². The van der Waals surface area contributed by atoms with Gasteiger partial charge in [-0.05, 0) is 83.9 Å². The molecule has 1 aromatic carbocycles. The number of benzene rings is 1. The van der Waals surface area contributed by atoms with E-state index in [1.54, 1.807) is 11.8 Å². The molecule has 0 spiro atoms. The van der Waals surface area contributed by atoms with Crippen molar-refractivity contribution in [2.45, 2.75) is 71.3 Å². The van der Waals surface area contributed by atoms with Crippen LogP contribution < -0.4 is 0 Å². The summed E-state index contributed by atoms with van der Waals surface area (Å²) in [5.74, 6) is 0.789. The molecule has 1 aromatic rings. The number of thioether (sulfide) groups is 1. The molecule has 2 aliphatic rings. The van der Waals surface area contributed by atoms with Gasteiger partial charge in [0.25, 0.3) is 0 Å². The van der Waals surface area contributed by atoms with E-state index in [-0.39, 0.29) is 29.0 Å². The largest absolute Gasteiger partial charge is 0.413 e. The number of halogens is 2. The molecule has 0 aromatic heterocycles. The van der Waals surface area contributed by atoms with Gasteiger partial charge in [-0.15, -0.1) is 0 Å². The summed E-state index contributed by atoms with van der Waals surface area (Å²) in [6.45, 7) is 15.5. The number of β-lactam (4-membered cyclic amide) rings is 1. The summed E-state index contributed by atoms with van der Waals surface area (Å²) in [4.78, 5) is 20.2. The molecule has 1 saturated heterocycles. The first-order valence-corrected chi connectivity index (χ1v) is 16.1. The van der Waals surface area contributed by atoms with Gasteiger partial charge in [0.05, 0.1) is 23.8 Å². The molecule has 0 radical (unpaired) electrons. The van der Waals surface area contributed by atoms with Crippen LogP contribution in [0, 0.1) is 5.92 Å². The summed E-state index contributed by atoms with van der Waals surface area (Å²) >= 11 is 10.1. The van der Waals surface area contributed by atoms with Crippen LogP contribution in [0.4, 0.5) is 5.69 Å². The molecule has 0 N–H and O–H groups in total. The molecule has 2 heterocycles. The van der Waals surface area contributed by atoms with Gasteiger partial charge < -0.3 is 4.43 Å². The summed E-state index contributed by atoms with van der Waals surface area (Å²) in [6.07, 6.45) is 0.797. The molecule has 4 nitrogen and oxygen atoms in total. The minimum atomic E-state index is -1.98. The molecule has 0 bridgehead atoms. The van der Waals surface area contributed by atoms with Crippen LogP contribution in [0.25, 0.3) is 0 Å².